The molecule has 4 heteroatoms. The van der Waals surface area contributed by atoms with Crippen LogP contribution in [0.1, 0.15) is 29.8 Å². The summed E-state index contributed by atoms with van der Waals surface area (Å²) in [5.74, 6) is -0.323. The highest BCUT2D eigenvalue weighted by Crippen LogP contribution is 2.18. The van der Waals surface area contributed by atoms with Crippen molar-refractivity contribution >= 4 is 16.9 Å². The number of carbonyl (C=O) groups excluding carboxylic acids is 1. The highest BCUT2D eigenvalue weighted by atomic mass is 16.5. The fourth-order valence-electron chi connectivity index (χ4n) is 1.47. The van der Waals surface area contributed by atoms with Crippen LogP contribution in [0.5, 0.6) is 0 Å². The normalized spacial score (nSPS) is 9.50. The van der Waals surface area contributed by atoms with Gasteiger partial charge in [0.1, 0.15) is 0 Å². The van der Waals surface area contributed by atoms with Crippen LogP contribution in [0.4, 0.5) is 0 Å². The van der Waals surface area contributed by atoms with E-state index in [1.165, 1.54) is 7.11 Å². The maximum atomic E-state index is 11.3. The summed E-state index contributed by atoms with van der Waals surface area (Å²) in [6.07, 6.45) is 1.69. The van der Waals surface area contributed by atoms with Gasteiger partial charge in [-0.1, -0.05) is 13.8 Å². The van der Waals surface area contributed by atoms with E-state index in [-0.39, 0.29) is 5.97 Å². The van der Waals surface area contributed by atoms with Crippen LogP contribution in [0, 0.1) is 6.92 Å². The van der Waals surface area contributed by atoms with Crippen LogP contribution in [-0.4, -0.2) is 23.3 Å². The second-order valence-electron chi connectivity index (χ2n) is 3.12. The average molecular weight is 220 g/mol. The number of H-pyrrole nitrogens is 1. The molecule has 86 valence electrons. The Morgan fingerprint density at radius 3 is 2.69 bits per heavy atom. The monoisotopic (exact) mass is 220 g/mol. The summed E-state index contributed by atoms with van der Waals surface area (Å²) >= 11 is 0. The number of benzene rings is 1. The lowest BCUT2D eigenvalue weighted by molar-refractivity contribution is 0.0601. The summed E-state index contributed by atoms with van der Waals surface area (Å²) in [5.41, 5.74) is 2.50. The summed E-state index contributed by atoms with van der Waals surface area (Å²) in [6.45, 7) is 5.92. The number of aromatic nitrogens is 2. The van der Waals surface area contributed by atoms with Crippen molar-refractivity contribution in [2.24, 2.45) is 0 Å². The van der Waals surface area contributed by atoms with E-state index in [9.17, 15) is 4.79 Å². The van der Waals surface area contributed by atoms with Crippen LogP contribution in [-0.2, 0) is 4.74 Å². The van der Waals surface area contributed by atoms with Gasteiger partial charge in [-0.2, -0.15) is 5.10 Å². The fourth-order valence-corrected chi connectivity index (χ4v) is 1.47. The molecule has 0 aliphatic heterocycles. The standard InChI is InChI=1S/C10H10N2O2.C2H6/c1-6-3-7(10(13)14-2)4-8-5-11-12-9(6)8;1-2/h3-5H,1-2H3,(H,11,12);1-2H3. The molecule has 0 unspecified atom stereocenters. The maximum absolute atomic E-state index is 11.3. The Morgan fingerprint density at radius 1 is 1.38 bits per heavy atom. The first-order chi connectivity index (χ1) is 7.72. The molecular formula is C12H16N2O2. The number of methoxy groups -OCH3 is 1. The number of fused-ring (bicyclic) bond motifs is 1. The summed E-state index contributed by atoms with van der Waals surface area (Å²) in [4.78, 5) is 11.3. The van der Waals surface area contributed by atoms with Gasteiger partial charge in [0.05, 0.1) is 24.4 Å². The molecule has 0 aliphatic carbocycles. The van der Waals surface area contributed by atoms with Crippen LogP contribution >= 0.6 is 0 Å². The van der Waals surface area contributed by atoms with Crippen molar-refractivity contribution < 1.29 is 9.53 Å². The second-order valence-corrected chi connectivity index (χ2v) is 3.12. The minimum Gasteiger partial charge on any atom is -0.465 e. The summed E-state index contributed by atoms with van der Waals surface area (Å²) < 4.78 is 4.65. The van der Waals surface area contributed by atoms with Gasteiger partial charge in [-0.05, 0) is 24.6 Å². The SMILES string of the molecule is CC.COC(=O)c1cc(C)c2[nH]ncc2c1. The lowest BCUT2D eigenvalue weighted by Crippen LogP contribution is -2.01. The molecule has 0 atom stereocenters. The summed E-state index contributed by atoms with van der Waals surface area (Å²) in [7, 11) is 1.37. The molecule has 1 heterocycles. The van der Waals surface area contributed by atoms with E-state index in [1.54, 1.807) is 18.3 Å². The summed E-state index contributed by atoms with van der Waals surface area (Å²) in [5, 5.41) is 7.70. The topological polar surface area (TPSA) is 55.0 Å². The van der Waals surface area contributed by atoms with Crippen LogP contribution in [0.3, 0.4) is 0 Å². The van der Waals surface area contributed by atoms with Gasteiger partial charge in [0, 0.05) is 5.39 Å². The molecule has 0 saturated carbocycles. The molecular weight excluding hydrogens is 204 g/mol. The Labute approximate surface area is 94.6 Å². The first-order valence-corrected chi connectivity index (χ1v) is 5.24. The first kappa shape index (κ1) is 12.2. The lowest BCUT2D eigenvalue weighted by Gasteiger charge is -2.01. The number of hydrogen-bond donors (Lipinski definition) is 1. The zero-order valence-corrected chi connectivity index (χ0v) is 10.00. The third-order valence-electron chi connectivity index (χ3n) is 2.17. The number of carbonyl (C=O) groups is 1. The number of ether oxygens (including phenoxy) is 1. The molecule has 1 aromatic heterocycles. The van der Waals surface area contributed by atoms with Gasteiger partial charge in [0.25, 0.3) is 0 Å². The number of nitrogens with zero attached hydrogens (tertiary/aromatic N) is 1. The number of hydrogen-bond acceptors (Lipinski definition) is 3. The zero-order chi connectivity index (χ0) is 12.1. The third-order valence-corrected chi connectivity index (χ3v) is 2.17. The number of nitrogens with one attached hydrogen (secondary N) is 1. The second kappa shape index (κ2) is 5.30. The molecule has 1 aromatic carbocycles. The smallest absolute Gasteiger partial charge is 0.337 e. The number of aryl methyl sites for hydroxylation is 1. The van der Waals surface area contributed by atoms with Crippen LogP contribution in [0.2, 0.25) is 0 Å². The molecule has 0 bridgehead atoms. The molecule has 1 N–H and O–H groups in total. The molecule has 0 spiro atoms. The lowest BCUT2D eigenvalue weighted by atomic mass is 10.1. The van der Waals surface area contributed by atoms with E-state index < -0.39 is 0 Å². The van der Waals surface area contributed by atoms with Gasteiger partial charge in [-0.25, -0.2) is 4.79 Å². The minimum absolute atomic E-state index is 0.323. The zero-order valence-electron chi connectivity index (χ0n) is 10.00. The van der Waals surface area contributed by atoms with Crippen molar-refractivity contribution in [2.75, 3.05) is 7.11 Å². The van der Waals surface area contributed by atoms with E-state index >= 15 is 0 Å². The first-order valence-electron chi connectivity index (χ1n) is 5.24. The van der Waals surface area contributed by atoms with Gasteiger partial charge in [0.2, 0.25) is 0 Å². The molecule has 2 aromatic rings. The predicted molar refractivity (Wildman–Crippen MR) is 63.5 cm³/mol. The number of esters is 1. The largest absolute Gasteiger partial charge is 0.465 e. The Balaban J connectivity index is 0.000000606. The van der Waals surface area contributed by atoms with E-state index in [4.69, 9.17) is 0 Å². The Bertz CT molecular complexity index is 489. The Morgan fingerprint density at radius 2 is 2.06 bits per heavy atom. The average Bonchev–Trinajstić information content (AvgIpc) is 2.79. The molecule has 0 aliphatic rings. The molecule has 0 radical (unpaired) electrons. The van der Waals surface area contributed by atoms with Crippen molar-refractivity contribution in [3.05, 3.63) is 29.5 Å². The number of rotatable bonds is 1. The van der Waals surface area contributed by atoms with Crippen molar-refractivity contribution in [1.82, 2.24) is 10.2 Å². The molecule has 16 heavy (non-hydrogen) atoms. The highest BCUT2D eigenvalue weighted by molar-refractivity contribution is 5.95. The fraction of sp³-hybridized carbons (Fsp3) is 0.333. The van der Waals surface area contributed by atoms with Gasteiger partial charge in [-0.3, -0.25) is 5.10 Å². The van der Waals surface area contributed by atoms with Crippen molar-refractivity contribution in [1.29, 1.82) is 0 Å². The molecule has 4 nitrogen and oxygen atoms in total. The van der Waals surface area contributed by atoms with Crippen molar-refractivity contribution in [2.45, 2.75) is 20.8 Å². The van der Waals surface area contributed by atoms with E-state index in [0.29, 0.717) is 5.56 Å². The molecule has 0 amide bonds. The van der Waals surface area contributed by atoms with Gasteiger partial charge >= 0.3 is 5.97 Å². The van der Waals surface area contributed by atoms with E-state index in [1.807, 2.05) is 20.8 Å². The van der Waals surface area contributed by atoms with Crippen molar-refractivity contribution in [3.63, 3.8) is 0 Å². The summed E-state index contributed by atoms with van der Waals surface area (Å²) in [6, 6.07) is 3.55. The van der Waals surface area contributed by atoms with Crippen molar-refractivity contribution in [3.8, 4) is 0 Å². The Hall–Kier alpha value is -1.84. The third kappa shape index (κ3) is 2.21. The number of aromatic amines is 1. The van der Waals surface area contributed by atoms with Crippen LogP contribution in [0.25, 0.3) is 10.9 Å². The maximum Gasteiger partial charge on any atom is 0.337 e. The quantitative estimate of drug-likeness (QED) is 0.752. The molecule has 0 saturated heterocycles. The van der Waals surface area contributed by atoms with Gasteiger partial charge in [0.15, 0.2) is 0 Å². The Kier molecular flexibility index (Phi) is 4.05. The van der Waals surface area contributed by atoms with Crippen LogP contribution in [0.15, 0.2) is 18.3 Å². The predicted octanol–water partition coefficient (Wildman–Crippen LogP) is 2.68. The minimum atomic E-state index is -0.323. The van der Waals surface area contributed by atoms with Gasteiger partial charge in [-0.15, -0.1) is 0 Å². The van der Waals surface area contributed by atoms with Gasteiger partial charge < -0.3 is 4.74 Å². The highest BCUT2D eigenvalue weighted by Gasteiger charge is 2.08. The molecule has 2 rings (SSSR count). The van der Waals surface area contributed by atoms with Crippen LogP contribution < -0.4 is 0 Å². The van der Waals surface area contributed by atoms with E-state index in [2.05, 4.69) is 14.9 Å². The van der Waals surface area contributed by atoms with E-state index in [0.717, 1.165) is 16.5 Å². The molecule has 0 fully saturated rings.